The molecular weight excluding hydrogens is 394 g/mol. The van der Waals surface area contributed by atoms with Crippen molar-refractivity contribution in [1.82, 2.24) is 20.4 Å². The minimum absolute atomic E-state index is 0.355. The second-order valence-corrected chi connectivity index (χ2v) is 7.16. The van der Waals surface area contributed by atoms with E-state index >= 15 is 0 Å². The number of rotatable bonds is 4. The first-order valence-corrected chi connectivity index (χ1v) is 9.09. The summed E-state index contributed by atoms with van der Waals surface area (Å²) in [4.78, 5) is 36.2. The summed E-state index contributed by atoms with van der Waals surface area (Å²) in [6.45, 7) is 1.60. The molecule has 0 radical (unpaired) electrons. The molecule has 3 aromatic rings. The van der Waals surface area contributed by atoms with Crippen molar-refractivity contribution in [1.29, 1.82) is 0 Å². The summed E-state index contributed by atoms with van der Waals surface area (Å²) in [5.74, 6) is -0.811. The minimum atomic E-state index is -1.20. The number of urea groups is 1. The summed E-state index contributed by atoms with van der Waals surface area (Å²) in [5, 5.41) is 12.4. The molecule has 4 amide bonds. The third-order valence-corrected chi connectivity index (χ3v) is 4.90. The van der Waals surface area contributed by atoms with Gasteiger partial charge in [0.25, 0.3) is 11.8 Å². The van der Waals surface area contributed by atoms with E-state index in [0.717, 1.165) is 5.69 Å². The Bertz CT molecular complexity index is 1140. The van der Waals surface area contributed by atoms with Crippen molar-refractivity contribution in [3.63, 3.8) is 0 Å². The van der Waals surface area contributed by atoms with E-state index in [1.807, 2.05) is 6.07 Å². The van der Waals surface area contributed by atoms with Gasteiger partial charge >= 0.3 is 6.03 Å². The fraction of sp³-hybridized carbons (Fsp3) is 0.100. The lowest BCUT2D eigenvalue weighted by molar-refractivity contribution is -0.123. The lowest BCUT2D eigenvalue weighted by Gasteiger charge is -2.21. The van der Waals surface area contributed by atoms with Gasteiger partial charge in [0, 0.05) is 16.9 Å². The highest BCUT2D eigenvalue weighted by Crippen LogP contribution is 2.26. The molecule has 8 nitrogen and oxygen atoms in total. The van der Waals surface area contributed by atoms with Crippen LogP contribution in [-0.2, 0) is 10.3 Å². The number of amides is 4. The van der Waals surface area contributed by atoms with Gasteiger partial charge in [0.2, 0.25) is 0 Å². The van der Waals surface area contributed by atoms with E-state index < -0.39 is 17.5 Å². The number of hydrogen-bond donors (Lipinski definition) is 3. The molecule has 4 rings (SSSR count). The Hall–Kier alpha value is -3.65. The molecule has 1 saturated heterocycles. The van der Waals surface area contributed by atoms with Crippen LogP contribution < -0.4 is 16.0 Å². The summed E-state index contributed by atoms with van der Waals surface area (Å²) in [6, 6.07) is 13.3. The van der Waals surface area contributed by atoms with Crippen molar-refractivity contribution in [2.24, 2.45) is 0 Å². The van der Waals surface area contributed by atoms with Crippen molar-refractivity contribution in [3.05, 3.63) is 77.1 Å². The SMILES string of the molecule is CC1(c2cccc(NC(=O)c3cnn(-c4cccc(Cl)c4)c3)c2)NC(=O)NC1=O. The van der Waals surface area contributed by atoms with Crippen LogP contribution in [0.25, 0.3) is 5.69 Å². The molecule has 0 saturated carbocycles. The van der Waals surface area contributed by atoms with Crippen LogP contribution >= 0.6 is 11.6 Å². The number of aromatic nitrogens is 2. The zero-order chi connectivity index (χ0) is 20.6. The third kappa shape index (κ3) is 3.57. The molecule has 1 unspecified atom stereocenters. The Morgan fingerprint density at radius 1 is 1.17 bits per heavy atom. The number of nitrogens with one attached hydrogen (secondary N) is 3. The number of carbonyl (C=O) groups is 3. The molecular formula is C20H16ClN5O3. The van der Waals surface area contributed by atoms with E-state index in [1.54, 1.807) is 60.3 Å². The van der Waals surface area contributed by atoms with E-state index in [4.69, 9.17) is 11.6 Å². The van der Waals surface area contributed by atoms with Crippen LogP contribution in [0.15, 0.2) is 60.9 Å². The van der Waals surface area contributed by atoms with Crippen molar-refractivity contribution >= 4 is 35.1 Å². The molecule has 1 aromatic heterocycles. The molecule has 0 aliphatic carbocycles. The Balaban J connectivity index is 1.54. The predicted octanol–water partition coefficient (Wildman–Crippen LogP) is 2.83. The van der Waals surface area contributed by atoms with Crippen LogP contribution in [0.3, 0.4) is 0 Å². The number of benzene rings is 2. The minimum Gasteiger partial charge on any atom is -0.322 e. The monoisotopic (exact) mass is 409 g/mol. The topological polar surface area (TPSA) is 105 Å². The van der Waals surface area contributed by atoms with Gasteiger partial charge in [-0.25, -0.2) is 9.48 Å². The quantitative estimate of drug-likeness (QED) is 0.576. The smallest absolute Gasteiger partial charge is 0.322 e. The number of carbonyl (C=O) groups excluding carboxylic acids is 3. The molecule has 2 aromatic carbocycles. The molecule has 1 atom stereocenters. The summed E-state index contributed by atoms with van der Waals surface area (Å²) >= 11 is 6.00. The fourth-order valence-corrected chi connectivity index (χ4v) is 3.24. The van der Waals surface area contributed by atoms with E-state index in [-0.39, 0.29) is 5.91 Å². The normalized spacial score (nSPS) is 18.3. The molecule has 1 aliphatic rings. The van der Waals surface area contributed by atoms with E-state index in [0.29, 0.717) is 21.8 Å². The highest BCUT2D eigenvalue weighted by atomic mass is 35.5. The summed E-state index contributed by atoms with van der Waals surface area (Å²) in [6.07, 6.45) is 3.04. The Labute approximate surface area is 170 Å². The van der Waals surface area contributed by atoms with E-state index in [1.165, 1.54) is 6.20 Å². The van der Waals surface area contributed by atoms with Crippen LogP contribution in [0.2, 0.25) is 5.02 Å². The van der Waals surface area contributed by atoms with E-state index in [2.05, 4.69) is 21.0 Å². The van der Waals surface area contributed by atoms with Crippen LogP contribution in [0.5, 0.6) is 0 Å². The fourth-order valence-electron chi connectivity index (χ4n) is 3.06. The largest absolute Gasteiger partial charge is 0.322 e. The van der Waals surface area contributed by atoms with Crippen LogP contribution in [0.4, 0.5) is 10.5 Å². The maximum absolute atomic E-state index is 12.6. The molecule has 1 fully saturated rings. The highest BCUT2D eigenvalue weighted by molar-refractivity contribution is 6.30. The lowest BCUT2D eigenvalue weighted by atomic mass is 9.92. The molecule has 0 bridgehead atoms. The molecule has 1 aliphatic heterocycles. The lowest BCUT2D eigenvalue weighted by Crippen LogP contribution is -2.40. The van der Waals surface area contributed by atoms with Gasteiger partial charge in [0.05, 0.1) is 17.4 Å². The van der Waals surface area contributed by atoms with Gasteiger partial charge in [-0.3, -0.25) is 14.9 Å². The number of hydrogen-bond acceptors (Lipinski definition) is 4. The van der Waals surface area contributed by atoms with Gasteiger partial charge in [0.1, 0.15) is 5.54 Å². The second-order valence-electron chi connectivity index (χ2n) is 6.72. The molecule has 9 heteroatoms. The zero-order valence-corrected chi connectivity index (χ0v) is 16.0. The van der Waals surface area contributed by atoms with Gasteiger partial charge < -0.3 is 10.6 Å². The third-order valence-electron chi connectivity index (χ3n) is 4.66. The Morgan fingerprint density at radius 2 is 1.97 bits per heavy atom. The average molecular weight is 410 g/mol. The van der Waals surface area contributed by atoms with Gasteiger partial charge in [-0.15, -0.1) is 0 Å². The number of nitrogens with zero attached hydrogens (tertiary/aromatic N) is 2. The van der Waals surface area contributed by atoms with Crippen LogP contribution in [0, 0.1) is 0 Å². The predicted molar refractivity (Wildman–Crippen MR) is 107 cm³/mol. The molecule has 146 valence electrons. The van der Waals surface area contributed by atoms with Gasteiger partial charge in [-0.2, -0.15) is 5.10 Å². The first kappa shape index (κ1) is 18.7. The summed E-state index contributed by atoms with van der Waals surface area (Å²) < 4.78 is 1.55. The van der Waals surface area contributed by atoms with E-state index in [9.17, 15) is 14.4 Å². The molecule has 0 spiro atoms. The Kier molecular flexibility index (Phi) is 4.56. The average Bonchev–Trinajstić information content (AvgIpc) is 3.27. The maximum atomic E-state index is 12.6. The summed E-state index contributed by atoms with van der Waals surface area (Å²) in [5.41, 5.74) is 0.921. The second kappa shape index (κ2) is 7.06. The first-order valence-electron chi connectivity index (χ1n) is 8.71. The number of anilines is 1. The standard InChI is InChI=1S/C20H16ClN5O3/c1-20(18(28)24-19(29)25-20)13-4-2-6-15(8-13)23-17(27)12-10-22-26(11-12)16-7-3-5-14(21)9-16/h2-11H,1H3,(H,23,27)(H2,24,25,28,29). The maximum Gasteiger partial charge on any atom is 0.322 e. The zero-order valence-electron chi connectivity index (χ0n) is 15.3. The number of halogens is 1. The van der Waals surface area contributed by atoms with Crippen molar-refractivity contribution < 1.29 is 14.4 Å². The summed E-state index contributed by atoms with van der Waals surface area (Å²) in [7, 11) is 0. The van der Waals surface area contributed by atoms with Crippen molar-refractivity contribution in [3.8, 4) is 5.69 Å². The first-order chi connectivity index (χ1) is 13.8. The molecule has 29 heavy (non-hydrogen) atoms. The van der Waals surface area contributed by atoms with Gasteiger partial charge in [0.15, 0.2) is 0 Å². The van der Waals surface area contributed by atoms with Gasteiger partial charge in [-0.05, 0) is 42.8 Å². The van der Waals surface area contributed by atoms with Crippen LogP contribution in [-0.4, -0.2) is 27.6 Å². The van der Waals surface area contributed by atoms with Crippen molar-refractivity contribution in [2.75, 3.05) is 5.32 Å². The Morgan fingerprint density at radius 3 is 2.69 bits per heavy atom. The van der Waals surface area contributed by atoms with Gasteiger partial charge in [-0.1, -0.05) is 29.8 Å². The van der Waals surface area contributed by atoms with Crippen molar-refractivity contribution in [2.45, 2.75) is 12.5 Å². The van der Waals surface area contributed by atoms with Crippen LogP contribution in [0.1, 0.15) is 22.8 Å². The molecule has 3 N–H and O–H groups in total. The highest BCUT2D eigenvalue weighted by Gasteiger charge is 2.43. The number of imide groups is 1. The molecule has 2 heterocycles.